The highest BCUT2D eigenvalue weighted by atomic mass is 19.4. The van der Waals surface area contributed by atoms with Crippen LogP contribution in [0, 0.1) is 0 Å². The van der Waals surface area contributed by atoms with Gasteiger partial charge >= 0.3 is 6.18 Å². The minimum absolute atomic E-state index is 0.134. The molecule has 1 aliphatic heterocycles. The summed E-state index contributed by atoms with van der Waals surface area (Å²) in [4.78, 5) is 33.2. The second-order valence-corrected chi connectivity index (χ2v) is 7.52. The molecule has 0 radical (unpaired) electrons. The smallest absolute Gasteiger partial charge is 0.368 e. The quantitative estimate of drug-likeness (QED) is 0.622. The molecule has 3 aromatic rings. The molecule has 1 fully saturated rings. The number of carbonyl (C=O) groups excluding carboxylic acids is 1. The van der Waals surface area contributed by atoms with E-state index in [1.165, 1.54) is 29.1 Å². The molecule has 1 saturated heterocycles. The molecule has 2 heterocycles. The van der Waals surface area contributed by atoms with Gasteiger partial charge in [0.2, 0.25) is 5.91 Å². The molecule has 4 rings (SSSR count). The lowest BCUT2D eigenvalue weighted by Gasteiger charge is -2.36. The van der Waals surface area contributed by atoms with Gasteiger partial charge in [-0.05, 0) is 24.3 Å². The normalized spacial score (nSPS) is 14.5. The molecule has 0 unspecified atom stereocenters. The fourth-order valence-electron chi connectivity index (χ4n) is 3.63. The zero-order chi connectivity index (χ0) is 22.7. The van der Waals surface area contributed by atoms with Crippen molar-refractivity contribution in [3.05, 3.63) is 82.9 Å². The Morgan fingerprint density at radius 2 is 1.59 bits per heavy atom. The highest BCUT2D eigenvalue weighted by Gasteiger charge is 2.30. The number of aromatic nitrogens is 2. The standard InChI is InChI=1S/C23H21F3N4O2/c24-23(25,26)18-8-6-17(7-9-18)20-14-21(31)30(16-27-20)15-22(32)29-12-10-28(11-13-29)19-4-2-1-3-5-19/h1-9,14,16H,10-13,15H2. The topological polar surface area (TPSA) is 58.4 Å². The van der Waals surface area contributed by atoms with Crippen molar-refractivity contribution in [3.63, 3.8) is 0 Å². The van der Waals surface area contributed by atoms with Crippen molar-refractivity contribution < 1.29 is 18.0 Å². The first kappa shape index (κ1) is 21.6. The van der Waals surface area contributed by atoms with E-state index in [0.29, 0.717) is 31.7 Å². The third kappa shape index (κ3) is 4.82. The van der Waals surface area contributed by atoms with Crippen molar-refractivity contribution in [2.45, 2.75) is 12.7 Å². The molecular weight excluding hydrogens is 421 g/mol. The van der Waals surface area contributed by atoms with E-state index in [9.17, 15) is 22.8 Å². The molecule has 2 aromatic carbocycles. The lowest BCUT2D eigenvalue weighted by Crippen LogP contribution is -2.50. The molecule has 1 amide bonds. The lowest BCUT2D eigenvalue weighted by atomic mass is 10.1. The summed E-state index contributed by atoms with van der Waals surface area (Å²) in [6, 6.07) is 15.6. The third-order valence-electron chi connectivity index (χ3n) is 5.45. The van der Waals surface area contributed by atoms with Gasteiger partial charge < -0.3 is 9.80 Å². The zero-order valence-corrected chi connectivity index (χ0v) is 17.1. The van der Waals surface area contributed by atoms with Gasteiger partial charge in [0.15, 0.2) is 0 Å². The second-order valence-electron chi connectivity index (χ2n) is 7.52. The van der Waals surface area contributed by atoms with Crippen LogP contribution in [0.4, 0.5) is 18.9 Å². The summed E-state index contributed by atoms with van der Waals surface area (Å²) in [7, 11) is 0. The van der Waals surface area contributed by atoms with E-state index in [0.717, 1.165) is 17.8 Å². The van der Waals surface area contributed by atoms with Crippen LogP contribution in [0.2, 0.25) is 0 Å². The highest BCUT2D eigenvalue weighted by molar-refractivity contribution is 5.76. The van der Waals surface area contributed by atoms with Crippen molar-refractivity contribution in [2.24, 2.45) is 0 Å². The van der Waals surface area contributed by atoms with Crippen molar-refractivity contribution in [1.29, 1.82) is 0 Å². The average Bonchev–Trinajstić information content (AvgIpc) is 2.80. The van der Waals surface area contributed by atoms with E-state index < -0.39 is 17.3 Å². The summed E-state index contributed by atoms with van der Waals surface area (Å²) >= 11 is 0. The first-order valence-corrected chi connectivity index (χ1v) is 10.1. The Labute approximate surface area is 182 Å². The first-order valence-electron chi connectivity index (χ1n) is 10.1. The van der Waals surface area contributed by atoms with Crippen LogP contribution in [0.1, 0.15) is 5.56 Å². The minimum atomic E-state index is -4.43. The number of carbonyl (C=O) groups is 1. The molecule has 0 saturated carbocycles. The van der Waals surface area contributed by atoms with Gasteiger partial charge in [-0.1, -0.05) is 30.3 Å². The highest BCUT2D eigenvalue weighted by Crippen LogP contribution is 2.30. The van der Waals surface area contributed by atoms with Gasteiger partial charge in [0.25, 0.3) is 5.56 Å². The van der Waals surface area contributed by atoms with E-state index in [1.807, 2.05) is 30.3 Å². The number of amides is 1. The number of hydrogen-bond donors (Lipinski definition) is 0. The van der Waals surface area contributed by atoms with Crippen LogP contribution in [-0.4, -0.2) is 46.5 Å². The maximum Gasteiger partial charge on any atom is 0.416 e. The number of benzene rings is 2. The third-order valence-corrected chi connectivity index (χ3v) is 5.45. The maximum atomic E-state index is 12.7. The number of para-hydroxylation sites is 1. The number of alkyl halides is 3. The Balaban J connectivity index is 1.39. The lowest BCUT2D eigenvalue weighted by molar-refractivity contribution is -0.137. The summed E-state index contributed by atoms with van der Waals surface area (Å²) in [6.45, 7) is 2.38. The molecule has 0 aliphatic carbocycles. The van der Waals surface area contributed by atoms with E-state index in [4.69, 9.17) is 0 Å². The van der Waals surface area contributed by atoms with Crippen molar-refractivity contribution in [2.75, 3.05) is 31.1 Å². The van der Waals surface area contributed by atoms with Gasteiger partial charge in [-0.25, -0.2) is 4.98 Å². The monoisotopic (exact) mass is 442 g/mol. The van der Waals surface area contributed by atoms with Crippen LogP contribution in [0.15, 0.2) is 71.8 Å². The van der Waals surface area contributed by atoms with E-state index >= 15 is 0 Å². The molecular formula is C23H21F3N4O2. The molecule has 166 valence electrons. The second kappa shape index (κ2) is 8.86. The van der Waals surface area contributed by atoms with Gasteiger partial charge in [-0.15, -0.1) is 0 Å². The average molecular weight is 442 g/mol. The molecule has 0 atom stereocenters. The van der Waals surface area contributed by atoms with Crippen molar-refractivity contribution in [1.82, 2.24) is 14.5 Å². The largest absolute Gasteiger partial charge is 0.416 e. The van der Waals surface area contributed by atoms with Gasteiger partial charge in [0.05, 0.1) is 17.6 Å². The summed E-state index contributed by atoms with van der Waals surface area (Å²) < 4.78 is 39.4. The predicted molar refractivity (Wildman–Crippen MR) is 114 cm³/mol. The van der Waals surface area contributed by atoms with Gasteiger partial charge in [-0.2, -0.15) is 13.2 Å². The van der Waals surface area contributed by atoms with Crippen LogP contribution in [-0.2, 0) is 17.5 Å². The maximum absolute atomic E-state index is 12.7. The van der Waals surface area contributed by atoms with E-state index in [-0.39, 0.29) is 18.1 Å². The van der Waals surface area contributed by atoms with Crippen LogP contribution in [0.5, 0.6) is 0 Å². The predicted octanol–water partition coefficient (Wildman–Crippen LogP) is 3.28. The van der Waals surface area contributed by atoms with Crippen LogP contribution in [0.3, 0.4) is 0 Å². The Hall–Kier alpha value is -3.62. The Morgan fingerprint density at radius 1 is 0.938 bits per heavy atom. The SMILES string of the molecule is O=C(Cn1cnc(-c2ccc(C(F)(F)F)cc2)cc1=O)N1CCN(c2ccccc2)CC1. The van der Waals surface area contributed by atoms with E-state index in [2.05, 4.69) is 9.88 Å². The summed E-state index contributed by atoms with van der Waals surface area (Å²) in [5.41, 5.74) is 0.548. The molecule has 6 nitrogen and oxygen atoms in total. The van der Waals surface area contributed by atoms with E-state index in [1.54, 1.807) is 4.90 Å². The number of piperazine rings is 1. The number of anilines is 1. The van der Waals surface area contributed by atoms with Crippen LogP contribution < -0.4 is 10.5 Å². The van der Waals surface area contributed by atoms with Crippen molar-refractivity contribution in [3.8, 4) is 11.3 Å². The minimum Gasteiger partial charge on any atom is -0.368 e. The molecule has 0 N–H and O–H groups in total. The zero-order valence-electron chi connectivity index (χ0n) is 17.1. The van der Waals surface area contributed by atoms with Crippen LogP contribution >= 0.6 is 0 Å². The Bertz CT molecular complexity index is 1140. The molecule has 32 heavy (non-hydrogen) atoms. The Kier molecular flexibility index (Phi) is 5.98. The number of rotatable bonds is 4. The summed E-state index contributed by atoms with van der Waals surface area (Å²) in [6.07, 6.45) is -3.17. The van der Waals surface area contributed by atoms with Crippen molar-refractivity contribution >= 4 is 11.6 Å². The molecule has 9 heteroatoms. The summed E-state index contributed by atoms with van der Waals surface area (Å²) in [5, 5.41) is 0. The van der Waals surface area contributed by atoms with Gasteiger partial charge in [0, 0.05) is 43.5 Å². The molecule has 0 spiro atoms. The number of nitrogens with zero attached hydrogens (tertiary/aromatic N) is 4. The van der Waals surface area contributed by atoms with Crippen LogP contribution in [0.25, 0.3) is 11.3 Å². The number of halogens is 3. The van der Waals surface area contributed by atoms with Gasteiger partial charge in [-0.3, -0.25) is 14.2 Å². The Morgan fingerprint density at radius 3 is 2.19 bits per heavy atom. The molecule has 1 aromatic heterocycles. The first-order chi connectivity index (χ1) is 15.3. The molecule has 1 aliphatic rings. The van der Waals surface area contributed by atoms with Gasteiger partial charge in [0.1, 0.15) is 6.54 Å². The number of hydrogen-bond acceptors (Lipinski definition) is 4. The fraction of sp³-hybridized carbons (Fsp3) is 0.261. The molecule has 0 bridgehead atoms. The fourth-order valence-corrected chi connectivity index (χ4v) is 3.63. The summed E-state index contributed by atoms with van der Waals surface area (Å²) in [5.74, 6) is -0.177.